The van der Waals surface area contributed by atoms with Crippen molar-refractivity contribution in [1.29, 1.82) is 0 Å². The Bertz CT molecular complexity index is 649. The van der Waals surface area contributed by atoms with Crippen LogP contribution in [0.3, 0.4) is 0 Å². The minimum atomic E-state index is -0.987. The number of carbonyl (C=O) groups is 3. The van der Waals surface area contributed by atoms with Crippen LogP contribution < -0.4 is 5.32 Å². The lowest BCUT2D eigenvalue weighted by Gasteiger charge is -2.27. The van der Waals surface area contributed by atoms with Crippen molar-refractivity contribution in [1.82, 2.24) is 10.2 Å². The molecule has 3 atom stereocenters. The zero-order chi connectivity index (χ0) is 19.8. The van der Waals surface area contributed by atoms with Gasteiger partial charge in [0.2, 0.25) is 5.91 Å². The minimum absolute atomic E-state index is 0.262. The van der Waals surface area contributed by atoms with E-state index < -0.39 is 30.1 Å². The molecule has 1 unspecified atom stereocenters. The summed E-state index contributed by atoms with van der Waals surface area (Å²) in [6.07, 6.45) is 2.29. The number of aryl methyl sites for hydroxylation is 1. The van der Waals surface area contributed by atoms with Crippen LogP contribution in [0.1, 0.15) is 38.7 Å². The topological polar surface area (TPSA) is 95.9 Å². The van der Waals surface area contributed by atoms with Crippen LogP contribution in [0.5, 0.6) is 0 Å². The molecule has 0 bridgehead atoms. The lowest BCUT2D eigenvalue weighted by Crippen LogP contribution is -2.53. The Morgan fingerprint density at radius 1 is 1.30 bits per heavy atom. The normalized spacial score (nSPS) is 18.7. The molecule has 0 aliphatic carbocycles. The first-order valence-corrected chi connectivity index (χ1v) is 9.44. The van der Waals surface area contributed by atoms with Gasteiger partial charge in [0.1, 0.15) is 12.1 Å². The highest BCUT2D eigenvalue weighted by atomic mass is 16.5. The summed E-state index contributed by atoms with van der Waals surface area (Å²) in [6, 6.07) is 7.69. The first-order chi connectivity index (χ1) is 12.9. The molecule has 1 aromatic rings. The SMILES string of the molecule is CCOC(=O)[C@@H](CCc1ccccc1)N[C@@H](C)C(=O)N1CCCC1C(=O)O. The average molecular weight is 376 g/mol. The van der Waals surface area contributed by atoms with Crippen molar-refractivity contribution in [2.45, 2.75) is 57.7 Å². The summed E-state index contributed by atoms with van der Waals surface area (Å²) in [4.78, 5) is 37.7. The number of hydrogen-bond donors (Lipinski definition) is 2. The van der Waals surface area contributed by atoms with E-state index in [4.69, 9.17) is 4.74 Å². The summed E-state index contributed by atoms with van der Waals surface area (Å²) < 4.78 is 5.14. The van der Waals surface area contributed by atoms with E-state index in [9.17, 15) is 19.5 Å². The average Bonchev–Trinajstić information content (AvgIpc) is 3.15. The van der Waals surface area contributed by atoms with Crippen molar-refractivity contribution in [3.8, 4) is 0 Å². The molecule has 1 fully saturated rings. The molecule has 27 heavy (non-hydrogen) atoms. The molecule has 2 rings (SSSR count). The van der Waals surface area contributed by atoms with Gasteiger partial charge in [0, 0.05) is 6.54 Å². The van der Waals surface area contributed by atoms with E-state index in [2.05, 4.69) is 5.32 Å². The maximum atomic E-state index is 12.7. The fourth-order valence-corrected chi connectivity index (χ4v) is 3.38. The van der Waals surface area contributed by atoms with Gasteiger partial charge >= 0.3 is 11.9 Å². The zero-order valence-electron chi connectivity index (χ0n) is 15.9. The number of carboxylic acid groups (broad SMARTS) is 1. The van der Waals surface area contributed by atoms with Gasteiger partial charge in [-0.3, -0.25) is 14.9 Å². The van der Waals surface area contributed by atoms with Gasteiger partial charge in [-0.2, -0.15) is 0 Å². The molecule has 1 aliphatic heterocycles. The number of amides is 1. The largest absolute Gasteiger partial charge is 0.480 e. The van der Waals surface area contributed by atoms with Crippen molar-refractivity contribution in [2.24, 2.45) is 0 Å². The molecule has 1 saturated heterocycles. The molecule has 1 heterocycles. The van der Waals surface area contributed by atoms with Gasteiger partial charge < -0.3 is 14.7 Å². The Hall–Kier alpha value is -2.41. The van der Waals surface area contributed by atoms with Gasteiger partial charge in [0.25, 0.3) is 0 Å². The number of hydrogen-bond acceptors (Lipinski definition) is 5. The van der Waals surface area contributed by atoms with Gasteiger partial charge in [-0.15, -0.1) is 0 Å². The van der Waals surface area contributed by atoms with E-state index >= 15 is 0 Å². The molecule has 1 aromatic carbocycles. The molecule has 1 amide bonds. The third kappa shape index (κ3) is 5.79. The lowest BCUT2D eigenvalue weighted by atomic mass is 10.0. The molecule has 148 valence electrons. The maximum absolute atomic E-state index is 12.7. The van der Waals surface area contributed by atoms with Gasteiger partial charge in [-0.1, -0.05) is 30.3 Å². The molecule has 7 nitrogen and oxygen atoms in total. The van der Waals surface area contributed by atoms with Gasteiger partial charge in [-0.05, 0) is 45.1 Å². The summed E-state index contributed by atoms with van der Waals surface area (Å²) in [6.45, 7) is 4.09. The van der Waals surface area contributed by atoms with Crippen LogP contribution in [0.4, 0.5) is 0 Å². The first kappa shape index (κ1) is 20.9. The minimum Gasteiger partial charge on any atom is -0.480 e. The van der Waals surface area contributed by atoms with Crippen LogP contribution in [0.25, 0.3) is 0 Å². The van der Waals surface area contributed by atoms with Crippen molar-refractivity contribution < 1.29 is 24.2 Å². The number of ether oxygens (including phenoxy) is 1. The monoisotopic (exact) mass is 376 g/mol. The van der Waals surface area contributed by atoms with Crippen LogP contribution in [0, 0.1) is 0 Å². The first-order valence-electron chi connectivity index (χ1n) is 9.44. The van der Waals surface area contributed by atoms with E-state index in [0.29, 0.717) is 32.2 Å². The highest BCUT2D eigenvalue weighted by molar-refractivity contribution is 5.88. The predicted molar refractivity (Wildman–Crippen MR) is 100 cm³/mol. The quantitative estimate of drug-likeness (QED) is 0.636. The fourth-order valence-electron chi connectivity index (χ4n) is 3.38. The number of rotatable bonds is 9. The van der Waals surface area contributed by atoms with Crippen LogP contribution in [-0.4, -0.2) is 59.1 Å². The van der Waals surface area contributed by atoms with Gasteiger partial charge in [0.05, 0.1) is 12.6 Å². The number of carbonyl (C=O) groups excluding carboxylic acids is 2. The summed E-state index contributed by atoms with van der Waals surface area (Å²) >= 11 is 0. The Morgan fingerprint density at radius 2 is 2.00 bits per heavy atom. The highest BCUT2D eigenvalue weighted by Gasteiger charge is 2.36. The van der Waals surface area contributed by atoms with Crippen LogP contribution in [-0.2, 0) is 25.5 Å². The highest BCUT2D eigenvalue weighted by Crippen LogP contribution is 2.19. The standard InChI is InChI=1S/C20H28N2O5/c1-3-27-20(26)16(12-11-15-8-5-4-6-9-15)21-14(2)18(23)22-13-7-10-17(22)19(24)25/h4-6,8-9,14,16-17,21H,3,7,10-13H2,1-2H3,(H,24,25)/t14-,16+,17?/m0/s1. The number of benzene rings is 1. The predicted octanol–water partition coefficient (Wildman–Crippen LogP) is 1.60. The lowest BCUT2D eigenvalue weighted by molar-refractivity contribution is -0.150. The van der Waals surface area contributed by atoms with E-state index in [-0.39, 0.29) is 12.5 Å². The number of nitrogens with one attached hydrogen (secondary N) is 1. The van der Waals surface area contributed by atoms with Gasteiger partial charge in [-0.25, -0.2) is 4.79 Å². The number of likely N-dealkylation sites (tertiary alicyclic amines) is 1. The van der Waals surface area contributed by atoms with E-state index in [0.717, 1.165) is 5.56 Å². The third-order valence-electron chi connectivity index (χ3n) is 4.78. The number of carboxylic acids is 1. The number of esters is 1. The zero-order valence-corrected chi connectivity index (χ0v) is 15.9. The molecule has 0 radical (unpaired) electrons. The second-order valence-electron chi connectivity index (χ2n) is 6.75. The maximum Gasteiger partial charge on any atom is 0.326 e. The number of aliphatic carboxylic acids is 1. The summed E-state index contributed by atoms with van der Waals surface area (Å²) in [5.74, 6) is -1.68. The summed E-state index contributed by atoms with van der Waals surface area (Å²) in [5, 5.41) is 12.3. The molecule has 1 aliphatic rings. The molecule has 0 saturated carbocycles. The van der Waals surface area contributed by atoms with Crippen LogP contribution >= 0.6 is 0 Å². The summed E-state index contributed by atoms with van der Waals surface area (Å²) in [7, 11) is 0. The van der Waals surface area contributed by atoms with Crippen LogP contribution in [0.15, 0.2) is 30.3 Å². The molecule has 2 N–H and O–H groups in total. The number of nitrogens with zero attached hydrogens (tertiary/aromatic N) is 1. The van der Waals surface area contributed by atoms with Crippen molar-refractivity contribution in [2.75, 3.05) is 13.2 Å². The van der Waals surface area contributed by atoms with Crippen molar-refractivity contribution >= 4 is 17.8 Å². The Balaban J connectivity index is 2.01. The second kappa shape index (κ2) is 10.1. The Morgan fingerprint density at radius 3 is 2.63 bits per heavy atom. The molecular formula is C20H28N2O5. The molecular weight excluding hydrogens is 348 g/mol. The second-order valence-corrected chi connectivity index (χ2v) is 6.75. The van der Waals surface area contributed by atoms with Gasteiger partial charge in [0.15, 0.2) is 0 Å². The smallest absolute Gasteiger partial charge is 0.326 e. The van der Waals surface area contributed by atoms with E-state index in [1.165, 1.54) is 4.90 Å². The van der Waals surface area contributed by atoms with Crippen molar-refractivity contribution in [3.63, 3.8) is 0 Å². The molecule has 0 spiro atoms. The van der Waals surface area contributed by atoms with E-state index in [1.54, 1.807) is 13.8 Å². The third-order valence-corrected chi connectivity index (χ3v) is 4.78. The van der Waals surface area contributed by atoms with Crippen LogP contribution in [0.2, 0.25) is 0 Å². The Kier molecular flexibility index (Phi) is 7.79. The fraction of sp³-hybridized carbons (Fsp3) is 0.550. The van der Waals surface area contributed by atoms with Crippen molar-refractivity contribution in [3.05, 3.63) is 35.9 Å². The summed E-state index contributed by atoms with van der Waals surface area (Å²) in [5.41, 5.74) is 1.10. The Labute approximate surface area is 159 Å². The molecule has 0 aromatic heterocycles. The molecule has 7 heteroatoms. The van der Waals surface area contributed by atoms with E-state index in [1.807, 2.05) is 30.3 Å².